The molecule has 84 valence electrons. The minimum atomic E-state index is -0.490. The maximum Gasteiger partial charge on any atom is 0.237 e. The predicted molar refractivity (Wildman–Crippen MR) is 58.1 cm³/mol. The number of hydrogen-bond acceptors (Lipinski definition) is 3. The Balaban J connectivity index is 2.13. The molecule has 1 amide bonds. The second-order valence-corrected chi connectivity index (χ2v) is 4.09. The van der Waals surface area contributed by atoms with Crippen molar-refractivity contribution in [3.05, 3.63) is 0 Å². The van der Waals surface area contributed by atoms with Gasteiger partial charge in [0.1, 0.15) is 5.92 Å². The highest BCUT2D eigenvalue weighted by Crippen LogP contribution is 2.24. The maximum absolute atomic E-state index is 11.4. The summed E-state index contributed by atoms with van der Waals surface area (Å²) in [6.07, 6.45) is 3.14. The predicted octanol–water partition coefficient (Wildman–Crippen LogP) is 0.747. The van der Waals surface area contributed by atoms with E-state index in [1.807, 2.05) is 13.0 Å². The molecule has 1 aliphatic rings. The van der Waals surface area contributed by atoms with Crippen LogP contribution in [-0.4, -0.2) is 37.0 Å². The molecular weight excluding hydrogens is 190 g/mol. The first-order valence-electron chi connectivity index (χ1n) is 5.56. The van der Waals surface area contributed by atoms with Gasteiger partial charge in [0.2, 0.25) is 5.91 Å². The molecule has 0 saturated heterocycles. The van der Waals surface area contributed by atoms with Crippen LogP contribution in [0.2, 0.25) is 0 Å². The van der Waals surface area contributed by atoms with E-state index in [0.717, 1.165) is 12.6 Å². The van der Waals surface area contributed by atoms with Crippen molar-refractivity contribution in [3.63, 3.8) is 0 Å². The molecule has 4 heteroatoms. The van der Waals surface area contributed by atoms with Crippen molar-refractivity contribution in [2.24, 2.45) is 5.92 Å². The van der Waals surface area contributed by atoms with Crippen LogP contribution in [0.1, 0.15) is 26.2 Å². The van der Waals surface area contributed by atoms with Gasteiger partial charge in [-0.3, -0.25) is 4.79 Å². The van der Waals surface area contributed by atoms with Crippen molar-refractivity contribution in [2.75, 3.05) is 20.1 Å². The molecule has 15 heavy (non-hydrogen) atoms. The summed E-state index contributed by atoms with van der Waals surface area (Å²) in [7, 11) is 2.07. The Labute approximate surface area is 91.2 Å². The molecular formula is C11H19N3O. The minimum absolute atomic E-state index is 0.135. The van der Waals surface area contributed by atoms with Crippen LogP contribution in [0.4, 0.5) is 0 Å². The quantitative estimate of drug-likeness (QED) is 0.702. The van der Waals surface area contributed by atoms with Crippen LogP contribution in [-0.2, 0) is 4.79 Å². The second-order valence-electron chi connectivity index (χ2n) is 4.09. The number of carbonyl (C=O) groups is 1. The molecule has 1 aliphatic carbocycles. The third-order valence-electron chi connectivity index (χ3n) is 2.81. The zero-order valence-corrected chi connectivity index (χ0v) is 9.49. The Hall–Kier alpha value is -1.08. The lowest BCUT2D eigenvalue weighted by Gasteiger charge is -2.16. The van der Waals surface area contributed by atoms with Gasteiger partial charge in [-0.15, -0.1) is 0 Å². The summed E-state index contributed by atoms with van der Waals surface area (Å²) < 4.78 is 0. The zero-order valence-electron chi connectivity index (χ0n) is 9.49. The van der Waals surface area contributed by atoms with E-state index < -0.39 is 5.92 Å². The standard InChI is InChI=1S/C11H19N3O/c1-3-9(8-12)11(15)13-6-7-14(2)10-4-5-10/h9-10H,3-7H2,1-2H3,(H,13,15). The Morgan fingerprint density at radius 2 is 2.33 bits per heavy atom. The first-order chi connectivity index (χ1) is 7.19. The molecule has 0 aliphatic heterocycles. The lowest BCUT2D eigenvalue weighted by atomic mass is 10.1. The molecule has 1 unspecified atom stereocenters. The monoisotopic (exact) mass is 209 g/mol. The van der Waals surface area contributed by atoms with Gasteiger partial charge in [-0.1, -0.05) is 6.92 Å². The van der Waals surface area contributed by atoms with Crippen molar-refractivity contribution >= 4 is 5.91 Å². The van der Waals surface area contributed by atoms with Gasteiger partial charge in [-0.2, -0.15) is 5.26 Å². The molecule has 0 heterocycles. The third kappa shape index (κ3) is 3.88. The van der Waals surface area contributed by atoms with Crippen molar-refractivity contribution in [1.29, 1.82) is 5.26 Å². The van der Waals surface area contributed by atoms with Crippen molar-refractivity contribution in [1.82, 2.24) is 10.2 Å². The fourth-order valence-corrected chi connectivity index (χ4v) is 1.51. The topological polar surface area (TPSA) is 56.1 Å². The van der Waals surface area contributed by atoms with Crippen LogP contribution >= 0.6 is 0 Å². The molecule has 0 aromatic heterocycles. The zero-order chi connectivity index (χ0) is 11.3. The summed E-state index contributed by atoms with van der Waals surface area (Å²) in [5, 5.41) is 11.5. The average molecular weight is 209 g/mol. The van der Waals surface area contributed by atoms with E-state index in [4.69, 9.17) is 5.26 Å². The summed E-state index contributed by atoms with van der Waals surface area (Å²) >= 11 is 0. The molecule has 1 saturated carbocycles. The van der Waals surface area contributed by atoms with Gasteiger partial charge in [-0.25, -0.2) is 0 Å². The van der Waals surface area contributed by atoms with Gasteiger partial charge in [0.05, 0.1) is 6.07 Å². The van der Waals surface area contributed by atoms with Gasteiger partial charge < -0.3 is 10.2 Å². The van der Waals surface area contributed by atoms with E-state index in [1.54, 1.807) is 0 Å². The SMILES string of the molecule is CCC(C#N)C(=O)NCCN(C)C1CC1. The summed E-state index contributed by atoms with van der Waals surface area (Å²) in [5.74, 6) is -0.625. The number of nitriles is 1. The van der Waals surface area contributed by atoms with Crippen LogP contribution in [0.3, 0.4) is 0 Å². The smallest absolute Gasteiger partial charge is 0.237 e. The van der Waals surface area contributed by atoms with Gasteiger partial charge >= 0.3 is 0 Å². The summed E-state index contributed by atoms with van der Waals surface area (Å²) in [5.41, 5.74) is 0. The summed E-state index contributed by atoms with van der Waals surface area (Å²) in [6, 6.07) is 2.72. The number of amides is 1. The first kappa shape index (κ1) is 12.0. The molecule has 0 aromatic rings. The van der Waals surface area contributed by atoms with Gasteiger partial charge in [-0.05, 0) is 26.3 Å². The fourth-order valence-electron chi connectivity index (χ4n) is 1.51. The second kappa shape index (κ2) is 5.72. The third-order valence-corrected chi connectivity index (χ3v) is 2.81. The van der Waals surface area contributed by atoms with Crippen molar-refractivity contribution in [2.45, 2.75) is 32.2 Å². The minimum Gasteiger partial charge on any atom is -0.354 e. The molecule has 0 radical (unpaired) electrons. The van der Waals surface area contributed by atoms with Crippen LogP contribution in [0, 0.1) is 17.2 Å². The number of carbonyl (C=O) groups excluding carboxylic acids is 1. The van der Waals surface area contributed by atoms with Crippen LogP contribution in [0.5, 0.6) is 0 Å². The number of nitrogens with zero attached hydrogens (tertiary/aromatic N) is 2. The molecule has 4 nitrogen and oxygen atoms in total. The van der Waals surface area contributed by atoms with Gasteiger partial charge in [0.25, 0.3) is 0 Å². The number of rotatable bonds is 6. The lowest BCUT2D eigenvalue weighted by Crippen LogP contribution is -2.36. The van der Waals surface area contributed by atoms with Crippen LogP contribution in [0.15, 0.2) is 0 Å². The Morgan fingerprint density at radius 3 is 2.80 bits per heavy atom. The van der Waals surface area contributed by atoms with Gasteiger partial charge in [0, 0.05) is 19.1 Å². The lowest BCUT2D eigenvalue weighted by molar-refractivity contribution is -0.123. The Bertz CT molecular complexity index is 255. The maximum atomic E-state index is 11.4. The summed E-state index contributed by atoms with van der Waals surface area (Å²) in [6.45, 7) is 3.37. The molecule has 0 bridgehead atoms. The Morgan fingerprint density at radius 1 is 1.67 bits per heavy atom. The highest BCUT2D eigenvalue weighted by molar-refractivity contribution is 5.80. The van der Waals surface area contributed by atoms with E-state index in [9.17, 15) is 4.79 Å². The van der Waals surface area contributed by atoms with Crippen LogP contribution < -0.4 is 5.32 Å². The molecule has 1 N–H and O–H groups in total. The molecule has 1 atom stereocenters. The van der Waals surface area contributed by atoms with Crippen molar-refractivity contribution in [3.8, 4) is 6.07 Å². The fraction of sp³-hybridized carbons (Fsp3) is 0.818. The van der Waals surface area contributed by atoms with E-state index in [1.165, 1.54) is 12.8 Å². The van der Waals surface area contributed by atoms with Gasteiger partial charge in [0.15, 0.2) is 0 Å². The highest BCUT2D eigenvalue weighted by atomic mass is 16.1. The number of likely N-dealkylation sites (N-methyl/N-ethyl adjacent to an activating group) is 1. The van der Waals surface area contributed by atoms with E-state index in [2.05, 4.69) is 17.3 Å². The molecule has 1 fully saturated rings. The largest absolute Gasteiger partial charge is 0.354 e. The van der Waals surface area contributed by atoms with Crippen molar-refractivity contribution < 1.29 is 4.79 Å². The highest BCUT2D eigenvalue weighted by Gasteiger charge is 2.25. The van der Waals surface area contributed by atoms with E-state index in [0.29, 0.717) is 13.0 Å². The van der Waals surface area contributed by atoms with Crippen LogP contribution in [0.25, 0.3) is 0 Å². The number of nitrogens with one attached hydrogen (secondary N) is 1. The summed E-state index contributed by atoms with van der Waals surface area (Å²) in [4.78, 5) is 13.7. The van der Waals surface area contributed by atoms with E-state index >= 15 is 0 Å². The Kier molecular flexibility index (Phi) is 4.57. The first-order valence-corrected chi connectivity index (χ1v) is 5.56. The normalized spacial score (nSPS) is 17.2. The molecule has 0 spiro atoms. The number of hydrogen-bond donors (Lipinski definition) is 1. The molecule has 1 rings (SSSR count). The molecule has 0 aromatic carbocycles. The average Bonchev–Trinajstić information content (AvgIpc) is 3.02. The van der Waals surface area contributed by atoms with E-state index in [-0.39, 0.29) is 5.91 Å².